The maximum absolute atomic E-state index is 2.84. The van der Waals surface area contributed by atoms with Gasteiger partial charge in [0.25, 0.3) is 0 Å². The molecule has 11 heavy (non-hydrogen) atoms. The van der Waals surface area contributed by atoms with Crippen molar-refractivity contribution in [1.82, 2.24) is 9.34 Å². The Balaban J connectivity index is 1.93. The number of hydrogen-bond acceptors (Lipinski definition) is 2. The fraction of sp³-hybridized carbons (Fsp3) is 1.00. The van der Waals surface area contributed by atoms with Gasteiger partial charge < -0.3 is 0 Å². The molecule has 2 fully saturated rings. The highest BCUT2D eigenvalue weighted by Gasteiger charge is 2.37. The summed E-state index contributed by atoms with van der Waals surface area (Å²) < 4.78 is 4.95. The van der Waals surface area contributed by atoms with Crippen LogP contribution < -0.4 is 0 Å². The van der Waals surface area contributed by atoms with Crippen molar-refractivity contribution in [3.05, 3.63) is 0 Å². The van der Waals surface area contributed by atoms with Crippen molar-refractivity contribution in [2.45, 2.75) is 0 Å². The lowest BCUT2D eigenvalue weighted by atomic mass is 10.0. The lowest BCUT2D eigenvalue weighted by Gasteiger charge is -2.15. The van der Waals surface area contributed by atoms with Crippen LogP contribution in [-0.4, -0.2) is 35.5 Å². The van der Waals surface area contributed by atoms with Gasteiger partial charge in [-0.25, -0.2) is 0 Å². The molecule has 0 aromatic rings. The Hall–Kier alpha value is 1.21. The third-order valence-electron chi connectivity index (χ3n) is 2.70. The highest BCUT2D eigenvalue weighted by molar-refractivity contribution is 8.01. The Morgan fingerprint density at radius 3 is 2.09 bits per heavy atom. The molecule has 2 aliphatic rings. The predicted octanol–water partition coefficient (Wildman–Crippen LogP) is 1.02. The molecule has 0 aliphatic carbocycles. The minimum atomic E-state index is 0.937. The molecule has 2 aliphatic heterocycles. The summed E-state index contributed by atoms with van der Waals surface area (Å²) in [6, 6.07) is 0. The summed E-state index contributed by atoms with van der Waals surface area (Å²) in [5.74, 6) is 1.92. The first-order valence-electron chi connectivity index (χ1n) is 4.00. The van der Waals surface area contributed by atoms with Gasteiger partial charge in [0.2, 0.25) is 0 Å². The van der Waals surface area contributed by atoms with Gasteiger partial charge in [0.1, 0.15) is 0 Å². The molecule has 2 saturated heterocycles. The van der Waals surface area contributed by atoms with Crippen LogP contribution in [0.1, 0.15) is 0 Å². The Bertz CT molecular complexity index is 141. The summed E-state index contributed by atoms with van der Waals surface area (Å²) in [5, 5.41) is 0. The zero-order valence-corrected chi connectivity index (χ0v) is 9.84. The smallest absolute Gasteiger partial charge is 0.00660 e. The van der Waals surface area contributed by atoms with Crippen LogP contribution in [0.15, 0.2) is 0 Å². The van der Waals surface area contributed by atoms with Crippen LogP contribution in [0.5, 0.6) is 0 Å². The molecule has 0 aromatic carbocycles. The van der Waals surface area contributed by atoms with Gasteiger partial charge in [0, 0.05) is 26.2 Å². The molecular weight excluding hydrogens is 193 g/mol. The third-order valence-corrected chi connectivity index (χ3v) is 4.94. The van der Waals surface area contributed by atoms with E-state index in [1.807, 2.05) is 0 Å². The van der Waals surface area contributed by atoms with Gasteiger partial charge >= 0.3 is 0 Å². The maximum atomic E-state index is 2.84. The van der Waals surface area contributed by atoms with Crippen LogP contribution in [0.25, 0.3) is 0 Å². The van der Waals surface area contributed by atoms with Crippen LogP contribution in [0.2, 0.25) is 0 Å². The van der Waals surface area contributed by atoms with Crippen molar-refractivity contribution in [3.8, 4) is 0 Å². The normalized spacial score (nSPS) is 40.9. The highest BCUT2D eigenvalue weighted by Crippen LogP contribution is 2.39. The molecule has 2 heterocycles. The van der Waals surface area contributed by atoms with Gasteiger partial charge in [-0.1, -0.05) is 18.3 Å². The Morgan fingerprint density at radius 1 is 1.09 bits per heavy atom. The molecular formula is C6H15N2P3. The molecule has 0 N–H and O–H groups in total. The molecule has 0 spiro atoms. The summed E-state index contributed by atoms with van der Waals surface area (Å²) >= 11 is 0. The van der Waals surface area contributed by atoms with E-state index in [9.17, 15) is 0 Å². The summed E-state index contributed by atoms with van der Waals surface area (Å²) in [6.45, 7) is 5.25. The fourth-order valence-electron chi connectivity index (χ4n) is 2.13. The molecule has 0 amide bonds. The van der Waals surface area contributed by atoms with Gasteiger partial charge in [-0.3, -0.25) is 9.34 Å². The number of rotatable bonds is 1. The Morgan fingerprint density at radius 2 is 1.64 bits per heavy atom. The largest absolute Gasteiger partial charge is 0.287 e. The van der Waals surface area contributed by atoms with Crippen molar-refractivity contribution in [3.63, 3.8) is 0 Å². The van der Waals surface area contributed by atoms with Crippen LogP contribution >= 0.6 is 26.7 Å². The number of nitrogens with zero attached hydrogens (tertiary/aromatic N) is 2. The van der Waals surface area contributed by atoms with E-state index in [1.165, 1.54) is 26.2 Å². The fourth-order valence-corrected chi connectivity index (χ4v) is 3.99. The summed E-state index contributed by atoms with van der Waals surface area (Å²) in [6.07, 6.45) is 0. The maximum Gasteiger partial charge on any atom is 0.00660 e. The van der Waals surface area contributed by atoms with Crippen LogP contribution in [0, 0.1) is 11.8 Å². The quantitative estimate of drug-likeness (QED) is 0.594. The topological polar surface area (TPSA) is 6.48 Å². The predicted molar refractivity (Wildman–Crippen MR) is 57.9 cm³/mol. The van der Waals surface area contributed by atoms with E-state index >= 15 is 0 Å². The van der Waals surface area contributed by atoms with Crippen LogP contribution in [0.4, 0.5) is 0 Å². The molecule has 5 unspecified atom stereocenters. The SMILES string of the molecule is PPN1CC2CN(P)CC2C1. The van der Waals surface area contributed by atoms with Gasteiger partial charge in [0.15, 0.2) is 0 Å². The van der Waals surface area contributed by atoms with Gasteiger partial charge in [0.05, 0.1) is 0 Å². The van der Waals surface area contributed by atoms with E-state index in [2.05, 4.69) is 27.7 Å². The number of fused-ring (bicyclic) bond motifs is 1. The van der Waals surface area contributed by atoms with E-state index in [1.54, 1.807) is 0 Å². The first-order chi connectivity index (χ1) is 5.29. The Labute approximate surface area is 74.7 Å². The number of hydrogen-bond donors (Lipinski definition) is 0. The van der Waals surface area contributed by atoms with E-state index in [4.69, 9.17) is 0 Å². The molecule has 2 rings (SSSR count). The van der Waals surface area contributed by atoms with Crippen molar-refractivity contribution in [1.29, 1.82) is 0 Å². The monoisotopic (exact) mass is 208 g/mol. The summed E-state index contributed by atoms with van der Waals surface area (Å²) in [7, 11) is 6.60. The lowest BCUT2D eigenvalue weighted by Crippen LogP contribution is -2.17. The van der Waals surface area contributed by atoms with Gasteiger partial charge in [-0.15, -0.1) is 0 Å². The van der Waals surface area contributed by atoms with Gasteiger partial charge in [-0.2, -0.15) is 0 Å². The molecule has 2 nitrogen and oxygen atoms in total. The second-order valence-corrected chi connectivity index (χ2v) is 5.90. The molecule has 64 valence electrons. The van der Waals surface area contributed by atoms with E-state index in [0.29, 0.717) is 0 Å². The van der Waals surface area contributed by atoms with Crippen molar-refractivity contribution < 1.29 is 0 Å². The second kappa shape index (κ2) is 3.52. The highest BCUT2D eigenvalue weighted by atomic mass is 32.0. The Kier molecular flexibility index (Phi) is 2.82. The van der Waals surface area contributed by atoms with Gasteiger partial charge in [-0.05, 0) is 20.3 Å². The average molecular weight is 208 g/mol. The average Bonchev–Trinajstić information content (AvgIpc) is 2.43. The third kappa shape index (κ3) is 1.77. The lowest BCUT2D eigenvalue weighted by molar-refractivity contribution is 0.455. The van der Waals surface area contributed by atoms with Crippen molar-refractivity contribution in [2.24, 2.45) is 11.8 Å². The van der Waals surface area contributed by atoms with Crippen molar-refractivity contribution >= 4 is 26.7 Å². The molecule has 0 radical (unpaired) electrons. The first-order valence-corrected chi connectivity index (χ1v) is 7.27. The zero-order chi connectivity index (χ0) is 7.84. The van der Waals surface area contributed by atoms with Crippen molar-refractivity contribution in [2.75, 3.05) is 26.2 Å². The standard InChI is InChI=1S/C6H15N2P3/c9-7-1-5-3-8(11-10)4-6(5)2-7/h5-6,11H,1-4,9-10H2. The minimum absolute atomic E-state index is 0.937. The second-order valence-electron chi connectivity index (χ2n) is 3.51. The molecule has 0 aromatic heterocycles. The minimum Gasteiger partial charge on any atom is -0.287 e. The molecule has 0 bridgehead atoms. The summed E-state index contributed by atoms with van der Waals surface area (Å²) in [4.78, 5) is 0. The van der Waals surface area contributed by atoms with E-state index < -0.39 is 0 Å². The van der Waals surface area contributed by atoms with Crippen LogP contribution in [0.3, 0.4) is 0 Å². The van der Waals surface area contributed by atoms with E-state index in [0.717, 1.165) is 20.3 Å². The van der Waals surface area contributed by atoms with E-state index in [-0.39, 0.29) is 0 Å². The summed E-state index contributed by atoms with van der Waals surface area (Å²) in [5.41, 5.74) is 0. The first kappa shape index (κ1) is 8.79. The molecule has 5 atom stereocenters. The van der Waals surface area contributed by atoms with Crippen LogP contribution in [-0.2, 0) is 0 Å². The zero-order valence-electron chi connectivity index (χ0n) is 6.53. The molecule has 0 saturated carbocycles. The molecule has 5 heteroatoms.